The highest BCUT2D eigenvalue weighted by Crippen LogP contribution is 2.36. The van der Waals surface area contributed by atoms with Crippen molar-refractivity contribution in [3.8, 4) is 22.8 Å². The molecule has 0 bridgehead atoms. The fraction of sp³-hybridized carbons (Fsp3) is 0.111. The van der Waals surface area contributed by atoms with Crippen LogP contribution in [-0.4, -0.2) is 42.8 Å². The Kier molecular flexibility index (Phi) is 7.08. The summed E-state index contributed by atoms with van der Waals surface area (Å²) < 4.78 is 39.9. The Hall–Kier alpha value is -4.28. The minimum Gasteiger partial charge on any atom is -0.497 e. The van der Waals surface area contributed by atoms with E-state index in [2.05, 4.69) is 20.2 Å². The maximum Gasteiger partial charge on any atom is 0.265 e. The van der Waals surface area contributed by atoms with E-state index < -0.39 is 10.0 Å². The van der Waals surface area contributed by atoms with Crippen LogP contribution in [0.25, 0.3) is 22.0 Å². The molecule has 0 aliphatic carbocycles. The van der Waals surface area contributed by atoms with Crippen molar-refractivity contribution in [2.75, 3.05) is 18.5 Å². The molecule has 38 heavy (non-hydrogen) atoms. The molecule has 3 aromatic carbocycles. The first-order chi connectivity index (χ1) is 18.4. The lowest BCUT2D eigenvalue weighted by molar-refractivity contribution is 0.414. The molecular formula is C27H22ClN5O4S. The van der Waals surface area contributed by atoms with Gasteiger partial charge in [-0.15, -0.1) is 5.10 Å². The second-order valence-electron chi connectivity index (χ2n) is 8.21. The van der Waals surface area contributed by atoms with Crippen molar-refractivity contribution in [2.45, 2.75) is 11.4 Å². The molecule has 0 unspecified atom stereocenters. The van der Waals surface area contributed by atoms with Crippen LogP contribution in [0, 0.1) is 0 Å². The van der Waals surface area contributed by atoms with Gasteiger partial charge >= 0.3 is 0 Å². The molecule has 5 aromatic rings. The fourth-order valence-corrected chi connectivity index (χ4v) is 5.64. The fourth-order valence-electron chi connectivity index (χ4n) is 4.03. The van der Waals surface area contributed by atoms with Crippen molar-refractivity contribution in [2.24, 2.45) is 0 Å². The van der Waals surface area contributed by atoms with Crippen molar-refractivity contribution in [1.29, 1.82) is 0 Å². The van der Waals surface area contributed by atoms with E-state index >= 15 is 0 Å². The van der Waals surface area contributed by atoms with Crippen LogP contribution in [0.4, 0.5) is 5.82 Å². The molecule has 0 fully saturated rings. The van der Waals surface area contributed by atoms with Gasteiger partial charge in [0.05, 0.1) is 31.9 Å². The number of halogens is 1. The van der Waals surface area contributed by atoms with Crippen LogP contribution in [0.2, 0.25) is 5.02 Å². The van der Waals surface area contributed by atoms with Gasteiger partial charge in [0.1, 0.15) is 29.3 Å². The molecule has 11 heteroatoms. The summed E-state index contributed by atoms with van der Waals surface area (Å²) in [6.45, 7) is 0.0587. The van der Waals surface area contributed by atoms with E-state index in [4.69, 9.17) is 21.1 Å². The summed E-state index contributed by atoms with van der Waals surface area (Å²) in [7, 11) is -0.915. The van der Waals surface area contributed by atoms with E-state index in [1.165, 1.54) is 23.0 Å². The molecule has 0 aliphatic heterocycles. The Balaban J connectivity index is 1.59. The van der Waals surface area contributed by atoms with Crippen LogP contribution in [-0.2, 0) is 16.6 Å². The van der Waals surface area contributed by atoms with Gasteiger partial charge in [0.15, 0.2) is 0 Å². The Bertz CT molecular complexity index is 1700. The third kappa shape index (κ3) is 4.96. The van der Waals surface area contributed by atoms with Crippen molar-refractivity contribution >= 4 is 38.2 Å². The molecule has 0 N–H and O–H groups in total. The third-order valence-corrected chi connectivity index (χ3v) is 7.93. The van der Waals surface area contributed by atoms with Crippen LogP contribution in [0.5, 0.6) is 11.5 Å². The van der Waals surface area contributed by atoms with Gasteiger partial charge in [-0.25, -0.2) is 22.7 Å². The average Bonchev–Trinajstić information content (AvgIpc) is 2.96. The highest BCUT2D eigenvalue weighted by atomic mass is 35.5. The summed E-state index contributed by atoms with van der Waals surface area (Å²) in [4.78, 5) is 8.22. The van der Waals surface area contributed by atoms with Crippen LogP contribution in [0.3, 0.4) is 0 Å². The van der Waals surface area contributed by atoms with E-state index in [9.17, 15) is 8.42 Å². The second-order valence-corrected chi connectivity index (χ2v) is 10.5. The number of hydrogen-bond donors (Lipinski definition) is 0. The predicted molar refractivity (Wildman–Crippen MR) is 145 cm³/mol. The molecule has 2 aromatic heterocycles. The summed E-state index contributed by atoms with van der Waals surface area (Å²) in [5, 5.41) is 10.2. The quantitative estimate of drug-likeness (QED) is 0.262. The van der Waals surface area contributed by atoms with Crippen LogP contribution >= 0.6 is 11.6 Å². The van der Waals surface area contributed by atoms with E-state index in [1.54, 1.807) is 68.8 Å². The van der Waals surface area contributed by atoms with Gasteiger partial charge in [0.25, 0.3) is 10.0 Å². The van der Waals surface area contributed by atoms with Crippen molar-refractivity contribution in [1.82, 2.24) is 20.2 Å². The van der Waals surface area contributed by atoms with E-state index in [0.29, 0.717) is 38.6 Å². The summed E-state index contributed by atoms with van der Waals surface area (Å²) >= 11 is 6.12. The molecule has 0 saturated carbocycles. The van der Waals surface area contributed by atoms with Crippen LogP contribution in [0.1, 0.15) is 5.56 Å². The van der Waals surface area contributed by atoms with Gasteiger partial charge in [-0.3, -0.25) is 0 Å². The molecule has 0 radical (unpaired) electrons. The zero-order valence-electron chi connectivity index (χ0n) is 20.4. The first-order valence-corrected chi connectivity index (χ1v) is 13.2. The van der Waals surface area contributed by atoms with Gasteiger partial charge in [0.2, 0.25) is 0 Å². The predicted octanol–water partition coefficient (Wildman–Crippen LogP) is 5.15. The van der Waals surface area contributed by atoms with E-state index in [0.717, 1.165) is 5.56 Å². The standard InChI is InChI=1S/C27H22ClN5O4S/c1-36-21-6-3-18(4-7-21)16-33(26-11-12-29-17-30-26)38(34,35)22-8-10-23-19(13-22)15-31-32-27(23)24-9-5-20(28)14-25(24)37-2/h3-15,17H,16H2,1-2H3. The van der Waals surface area contributed by atoms with Gasteiger partial charge in [0, 0.05) is 33.6 Å². The second kappa shape index (κ2) is 10.6. The SMILES string of the molecule is COc1ccc(CN(c2ccncn2)S(=O)(=O)c2ccc3c(-c4ccc(Cl)cc4OC)nncc3c2)cc1. The highest BCUT2D eigenvalue weighted by Gasteiger charge is 2.27. The number of nitrogens with zero attached hydrogens (tertiary/aromatic N) is 5. The number of rotatable bonds is 8. The highest BCUT2D eigenvalue weighted by molar-refractivity contribution is 7.92. The monoisotopic (exact) mass is 547 g/mol. The Morgan fingerprint density at radius 2 is 1.76 bits per heavy atom. The number of methoxy groups -OCH3 is 2. The number of ether oxygens (including phenoxy) is 2. The molecule has 9 nitrogen and oxygen atoms in total. The van der Waals surface area contributed by atoms with E-state index in [-0.39, 0.29) is 17.3 Å². The molecule has 2 heterocycles. The molecule has 0 saturated heterocycles. The van der Waals surface area contributed by atoms with Gasteiger partial charge in [-0.1, -0.05) is 29.8 Å². The molecule has 0 spiro atoms. The average molecular weight is 548 g/mol. The number of benzene rings is 3. The lowest BCUT2D eigenvalue weighted by Gasteiger charge is -2.23. The summed E-state index contributed by atoms with van der Waals surface area (Å²) in [6.07, 6.45) is 4.34. The first-order valence-electron chi connectivity index (χ1n) is 11.4. The van der Waals surface area contributed by atoms with Gasteiger partial charge in [-0.2, -0.15) is 5.10 Å². The largest absolute Gasteiger partial charge is 0.497 e. The Morgan fingerprint density at radius 1 is 0.947 bits per heavy atom. The number of aromatic nitrogens is 4. The normalized spacial score (nSPS) is 11.3. The van der Waals surface area contributed by atoms with E-state index in [1.807, 2.05) is 12.1 Å². The summed E-state index contributed by atoms with van der Waals surface area (Å²) in [5.74, 6) is 1.45. The molecule has 192 valence electrons. The first kappa shape index (κ1) is 25.4. The molecule has 0 amide bonds. The van der Waals surface area contributed by atoms with Gasteiger partial charge < -0.3 is 9.47 Å². The lowest BCUT2D eigenvalue weighted by atomic mass is 10.0. The number of fused-ring (bicyclic) bond motifs is 1. The van der Waals surface area contributed by atoms with Crippen molar-refractivity contribution in [3.05, 3.63) is 96.0 Å². The number of hydrogen-bond acceptors (Lipinski definition) is 8. The Morgan fingerprint density at radius 3 is 2.47 bits per heavy atom. The summed E-state index contributed by atoms with van der Waals surface area (Å²) in [6, 6.07) is 18.8. The third-order valence-electron chi connectivity index (χ3n) is 5.95. The molecule has 5 rings (SSSR count). The van der Waals surface area contributed by atoms with Crippen molar-refractivity contribution in [3.63, 3.8) is 0 Å². The van der Waals surface area contributed by atoms with Crippen LogP contribution in [0.15, 0.2) is 90.3 Å². The van der Waals surface area contributed by atoms with Crippen LogP contribution < -0.4 is 13.8 Å². The molecular weight excluding hydrogens is 526 g/mol. The number of sulfonamides is 1. The lowest BCUT2D eigenvalue weighted by Crippen LogP contribution is -2.31. The topological polar surface area (TPSA) is 107 Å². The molecule has 0 aliphatic rings. The summed E-state index contributed by atoms with van der Waals surface area (Å²) in [5.41, 5.74) is 2.00. The maximum absolute atomic E-state index is 14.0. The zero-order chi connectivity index (χ0) is 26.7. The smallest absolute Gasteiger partial charge is 0.265 e. The zero-order valence-corrected chi connectivity index (χ0v) is 22.0. The number of anilines is 1. The molecule has 0 atom stereocenters. The van der Waals surface area contributed by atoms with Gasteiger partial charge in [-0.05, 0) is 48.0 Å². The Labute approximate surface area is 224 Å². The minimum absolute atomic E-state index is 0.0587. The maximum atomic E-state index is 14.0. The van der Waals surface area contributed by atoms with Crippen molar-refractivity contribution < 1.29 is 17.9 Å². The minimum atomic E-state index is -4.03.